The molecule has 0 bridgehead atoms. The molecule has 0 spiro atoms. The summed E-state index contributed by atoms with van der Waals surface area (Å²) in [5.41, 5.74) is 5.03. The molecule has 0 radical (unpaired) electrons. The third kappa shape index (κ3) is 7.34. The van der Waals surface area contributed by atoms with E-state index >= 15 is 0 Å². The second-order valence-corrected chi connectivity index (χ2v) is 5.50. The van der Waals surface area contributed by atoms with Crippen molar-refractivity contribution in [3.05, 3.63) is 0 Å². The molecule has 0 aromatic carbocycles. The lowest BCUT2D eigenvalue weighted by atomic mass is 9.97. The van der Waals surface area contributed by atoms with Gasteiger partial charge in [0.25, 0.3) is 0 Å². The molecule has 0 aliphatic heterocycles. The molecule has 4 nitrogen and oxygen atoms in total. The molecule has 1 atom stereocenters. The molecular formula is C13H28N2O2. The summed E-state index contributed by atoms with van der Waals surface area (Å²) < 4.78 is 4.67. The topological polar surface area (TPSA) is 55.6 Å². The van der Waals surface area contributed by atoms with Crippen LogP contribution in [0.1, 0.15) is 40.0 Å². The van der Waals surface area contributed by atoms with Gasteiger partial charge in [0.2, 0.25) is 0 Å². The fourth-order valence-corrected chi connectivity index (χ4v) is 1.64. The Morgan fingerprint density at radius 3 is 2.47 bits per heavy atom. The monoisotopic (exact) mass is 244 g/mol. The Bertz CT molecular complexity index is 227. The zero-order valence-corrected chi connectivity index (χ0v) is 12.0. The fourth-order valence-electron chi connectivity index (χ4n) is 1.64. The van der Waals surface area contributed by atoms with Gasteiger partial charge in [-0.15, -0.1) is 0 Å². The molecule has 17 heavy (non-hydrogen) atoms. The Morgan fingerprint density at radius 1 is 1.41 bits per heavy atom. The van der Waals surface area contributed by atoms with E-state index in [0.29, 0.717) is 6.42 Å². The van der Waals surface area contributed by atoms with Crippen molar-refractivity contribution in [2.24, 2.45) is 11.7 Å². The average Bonchev–Trinajstić information content (AvgIpc) is 2.24. The van der Waals surface area contributed by atoms with Gasteiger partial charge in [0.1, 0.15) is 5.54 Å². The van der Waals surface area contributed by atoms with Gasteiger partial charge in [-0.05, 0) is 52.2 Å². The molecule has 0 aliphatic carbocycles. The van der Waals surface area contributed by atoms with Crippen LogP contribution in [0.3, 0.4) is 0 Å². The maximum Gasteiger partial charge on any atom is 0.325 e. The number of nitrogens with two attached hydrogens (primary N) is 1. The van der Waals surface area contributed by atoms with E-state index in [-0.39, 0.29) is 5.97 Å². The molecule has 102 valence electrons. The Kier molecular flexibility index (Phi) is 7.39. The summed E-state index contributed by atoms with van der Waals surface area (Å²) in [6, 6.07) is 0. The van der Waals surface area contributed by atoms with Crippen molar-refractivity contribution in [3.63, 3.8) is 0 Å². The quantitative estimate of drug-likeness (QED) is 0.659. The molecule has 0 saturated carbocycles. The molecule has 0 aromatic heterocycles. The minimum absolute atomic E-state index is 0.331. The van der Waals surface area contributed by atoms with Crippen LogP contribution in [-0.4, -0.2) is 43.7 Å². The van der Waals surface area contributed by atoms with Crippen LogP contribution in [0, 0.1) is 5.92 Å². The van der Waals surface area contributed by atoms with Gasteiger partial charge in [0.05, 0.1) is 7.11 Å². The molecule has 0 amide bonds. The standard InChI is InChI=1S/C13H28N2O2/c1-11(2)7-10-15(4)9-6-8-13(3,14)12(16)17-5/h11H,6-10,14H2,1-5H3. The van der Waals surface area contributed by atoms with Crippen LogP contribution in [0.25, 0.3) is 0 Å². The Balaban J connectivity index is 3.79. The lowest BCUT2D eigenvalue weighted by Crippen LogP contribution is -2.46. The minimum atomic E-state index is -0.854. The van der Waals surface area contributed by atoms with E-state index in [4.69, 9.17) is 5.73 Å². The summed E-state index contributed by atoms with van der Waals surface area (Å²) in [5.74, 6) is 0.398. The predicted octanol–water partition coefficient (Wildman–Crippen LogP) is 1.63. The highest BCUT2D eigenvalue weighted by Crippen LogP contribution is 2.11. The summed E-state index contributed by atoms with van der Waals surface area (Å²) in [7, 11) is 3.48. The molecule has 0 aromatic rings. The molecule has 4 heteroatoms. The molecule has 0 heterocycles. The zero-order chi connectivity index (χ0) is 13.5. The second-order valence-electron chi connectivity index (χ2n) is 5.50. The van der Waals surface area contributed by atoms with Crippen LogP contribution < -0.4 is 5.73 Å². The third-order valence-corrected chi connectivity index (χ3v) is 2.98. The highest BCUT2D eigenvalue weighted by atomic mass is 16.5. The zero-order valence-electron chi connectivity index (χ0n) is 12.0. The summed E-state index contributed by atoms with van der Waals surface area (Å²) in [4.78, 5) is 13.6. The highest BCUT2D eigenvalue weighted by Gasteiger charge is 2.28. The molecule has 0 rings (SSSR count). The lowest BCUT2D eigenvalue weighted by molar-refractivity contribution is -0.146. The van der Waals surface area contributed by atoms with Crippen molar-refractivity contribution in [2.75, 3.05) is 27.2 Å². The normalized spacial score (nSPS) is 15.1. The largest absolute Gasteiger partial charge is 0.468 e. The SMILES string of the molecule is COC(=O)C(C)(N)CCCN(C)CCC(C)C. The van der Waals surface area contributed by atoms with Gasteiger partial charge in [0.15, 0.2) is 0 Å². The maximum atomic E-state index is 11.4. The van der Waals surface area contributed by atoms with Crippen LogP contribution in [0.4, 0.5) is 0 Å². The summed E-state index contributed by atoms with van der Waals surface area (Å²) >= 11 is 0. The average molecular weight is 244 g/mol. The number of carbonyl (C=O) groups is 1. The van der Waals surface area contributed by atoms with Gasteiger partial charge in [0, 0.05) is 0 Å². The predicted molar refractivity (Wildman–Crippen MR) is 70.8 cm³/mol. The molecule has 0 saturated heterocycles. The van der Waals surface area contributed by atoms with Gasteiger partial charge in [-0.1, -0.05) is 13.8 Å². The smallest absolute Gasteiger partial charge is 0.325 e. The number of rotatable bonds is 8. The van der Waals surface area contributed by atoms with Crippen LogP contribution in [0.15, 0.2) is 0 Å². The van der Waals surface area contributed by atoms with Crippen LogP contribution in [0.5, 0.6) is 0 Å². The highest BCUT2D eigenvalue weighted by molar-refractivity contribution is 5.79. The van der Waals surface area contributed by atoms with Crippen LogP contribution in [0.2, 0.25) is 0 Å². The number of nitrogens with zero attached hydrogens (tertiary/aromatic N) is 1. The first-order chi connectivity index (χ1) is 7.79. The number of ether oxygens (including phenoxy) is 1. The Labute approximate surface area is 105 Å². The Hall–Kier alpha value is -0.610. The van der Waals surface area contributed by atoms with Crippen molar-refractivity contribution in [3.8, 4) is 0 Å². The van der Waals surface area contributed by atoms with E-state index in [2.05, 4.69) is 30.5 Å². The van der Waals surface area contributed by atoms with E-state index in [1.807, 2.05) is 0 Å². The number of hydrogen-bond donors (Lipinski definition) is 1. The Morgan fingerprint density at radius 2 is 2.00 bits per heavy atom. The first-order valence-corrected chi connectivity index (χ1v) is 6.35. The van der Waals surface area contributed by atoms with E-state index < -0.39 is 5.54 Å². The van der Waals surface area contributed by atoms with Crippen molar-refractivity contribution in [2.45, 2.75) is 45.6 Å². The van der Waals surface area contributed by atoms with Gasteiger partial charge < -0.3 is 15.4 Å². The van der Waals surface area contributed by atoms with Crippen molar-refractivity contribution in [1.82, 2.24) is 4.90 Å². The van der Waals surface area contributed by atoms with E-state index in [0.717, 1.165) is 25.4 Å². The molecule has 0 aliphatic rings. The summed E-state index contributed by atoms with van der Waals surface area (Å²) in [6.45, 7) is 8.24. The number of carbonyl (C=O) groups excluding carboxylic acids is 1. The van der Waals surface area contributed by atoms with Crippen molar-refractivity contribution < 1.29 is 9.53 Å². The van der Waals surface area contributed by atoms with E-state index in [1.54, 1.807) is 6.92 Å². The second kappa shape index (κ2) is 7.67. The molecule has 0 fully saturated rings. The summed E-state index contributed by atoms with van der Waals surface area (Å²) in [6.07, 6.45) is 2.77. The van der Waals surface area contributed by atoms with Gasteiger partial charge in [-0.3, -0.25) is 4.79 Å². The number of methoxy groups -OCH3 is 1. The third-order valence-electron chi connectivity index (χ3n) is 2.98. The van der Waals surface area contributed by atoms with Crippen LogP contribution in [-0.2, 0) is 9.53 Å². The number of esters is 1. The van der Waals surface area contributed by atoms with Crippen molar-refractivity contribution in [1.29, 1.82) is 0 Å². The van der Waals surface area contributed by atoms with Gasteiger partial charge in [-0.25, -0.2) is 0 Å². The molecule has 2 N–H and O–H groups in total. The number of hydrogen-bond acceptors (Lipinski definition) is 4. The fraction of sp³-hybridized carbons (Fsp3) is 0.923. The van der Waals surface area contributed by atoms with Gasteiger partial charge in [-0.2, -0.15) is 0 Å². The van der Waals surface area contributed by atoms with E-state index in [9.17, 15) is 4.79 Å². The molecular weight excluding hydrogens is 216 g/mol. The minimum Gasteiger partial charge on any atom is -0.468 e. The summed E-state index contributed by atoms with van der Waals surface area (Å²) in [5, 5.41) is 0. The maximum absolute atomic E-state index is 11.4. The van der Waals surface area contributed by atoms with Crippen LogP contribution >= 0.6 is 0 Å². The van der Waals surface area contributed by atoms with Gasteiger partial charge >= 0.3 is 5.97 Å². The van der Waals surface area contributed by atoms with Crippen molar-refractivity contribution >= 4 is 5.97 Å². The first-order valence-electron chi connectivity index (χ1n) is 6.35. The van der Waals surface area contributed by atoms with E-state index in [1.165, 1.54) is 13.5 Å². The first kappa shape index (κ1) is 16.4. The molecule has 1 unspecified atom stereocenters. The lowest BCUT2D eigenvalue weighted by Gasteiger charge is -2.23.